The van der Waals surface area contributed by atoms with E-state index in [-0.39, 0.29) is 4.90 Å². The lowest BCUT2D eigenvalue weighted by molar-refractivity contribution is 0.602. The molecule has 0 aliphatic heterocycles. The van der Waals surface area contributed by atoms with Crippen molar-refractivity contribution in [1.82, 2.24) is 9.97 Å². The highest BCUT2D eigenvalue weighted by Crippen LogP contribution is 2.21. The van der Waals surface area contributed by atoms with Crippen LogP contribution in [-0.2, 0) is 9.84 Å². The Bertz CT molecular complexity index is 708. The summed E-state index contributed by atoms with van der Waals surface area (Å²) in [6.07, 6.45) is 3.09. The van der Waals surface area contributed by atoms with Crippen LogP contribution in [-0.4, -0.2) is 37.9 Å². The van der Waals surface area contributed by atoms with E-state index in [1.807, 2.05) is 6.26 Å². The summed E-state index contributed by atoms with van der Waals surface area (Å²) in [5, 5.41) is 6.76. The summed E-state index contributed by atoms with van der Waals surface area (Å²) < 4.78 is 22.8. The first-order chi connectivity index (χ1) is 9.92. The molecule has 0 aliphatic carbocycles. The molecular formula is C13H16N4O2S2. The topological polar surface area (TPSA) is 84.0 Å². The van der Waals surface area contributed by atoms with Gasteiger partial charge < -0.3 is 10.6 Å². The van der Waals surface area contributed by atoms with E-state index in [0.29, 0.717) is 16.8 Å². The van der Waals surface area contributed by atoms with Gasteiger partial charge in [0.1, 0.15) is 11.6 Å². The third-order valence-electron chi connectivity index (χ3n) is 2.70. The van der Waals surface area contributed by atoms with Crippen molar-refractivity contribution in [3.8, 4) is 0 Å². The second-order valence-corrected chi connectivity index (χ2v) is 7.09. The third kappa shape index (κ3) is 4.08. The van der Waals surface area contributed by atoms with Crippen molar-refractivity contribution in [2.24, 2.45) is 0 Å². The Morgan fingerprint density at radius 1 is 1.10 bits per heavy atom. The maximum absolute atomic E-state index is 11.4. The molecule has 1 heterocycles. The molecule has 8 heteroatoms. The number of sulfone groups is 1. The first-order valence-electron chi connectivity index (χ1n) is 6.10. The van der Waals surface area contributed by atoms with Crippen LogP contribution in [0.15, 0.2) is 40.4 Å². The van der Waals surface area contributed by atoms with Crippen molar-refractivity contribution >= 4 is 38.9 Å². The molecule has 0 aliphatic rings. The molecule has 0 saturated carbocycles. The fraction of sp³-hybridized carbons (Fsp3) is 0.231. The second-order valence-electron chi connectivity index (χ2n) is 4.30. The highest BCUT2D eigenvalue weighted by atomic mass is 32.2. The molecule has 1 aromatic heterocycles. The summed E-state index contributed by atoms with van der Waals surface area (Å²) in [5.41, 5.74) is 0.759. The quantitative estimate of drug-likeness (QED) is 0.645. The van der Waals surface area contributed by atoms with Gasteiger partial charge in [0, 0.05) is 25.1 Å². The van der Waals surface area contributed by atoms with E-state index in [1.165, 1.54) is 18.0 Å². The fourth-order valence-corrected chi connectivity index (χ4v) is 2.65. The first-order valence-corrected chi connectivity index (χ1v) is 9.22. The lowest BCUT2D eigenvalue weighted by Gasteiger charge is -2.09. The molecule has 0 spiro atoms. The van der Waals surface area contributed by atoms with Crippen LogP contribution < -0.4 is 10.6 Å². The van der Waals surface area contributed by atoms with Crippen LogP contribution >= 0.6 is 11.8 Å². The van der Waals surface area contributed by atoms with E-state index in [4.69, 9.17) is 0 Å². The van der Waals surface area contributed by atoms with Gasteiger partial charge in [0.15, 0.2) is 15.0 Å². The Hall–Kier alpha value is -1.80. The molecule has 0 radical (unpaired) electrons. The first kappa shape index (κ1) is 15.6. The van der Waals surface area contributed by atoms with Crippen LogP contribution in [0.2, 0.25) is 0 Å². The van der Waals surface area contributed by atoms with Gasteiger partial charge in [0.2, 0.25) is 0 Å². The van der Waals surface area contributed by atoms with Gasteiger partial charge in [-0.25, -0.2) is 18.4 Å². The summed E-state index contributed by atoms with van der Waals surface area (Å²) >= 11 is 1.45. The van der Waals surface area contributed by atoms with E-state index in [2.05, 4.69) is 20.6 Å². The third-order valence-corrected chi connectivity index (χ3v) is 4.38. The van der Waals surface area contributed by atoms with E-state index >= 15 is 0 Å². The van der Waals surface area contributed by atoms with Gasteiger partial charge in [0.05, 0.1) is 4.90 Å². The molecule has 2 rings (SSSR count). The lowest BCUT2D eigenvalue weighted by Crippen LogP contribution is -2.01. The highest BCUT2D eigenvalue weighted by Gasteiger charge is 2.07. The molecule has 2 N–H and O–H groups in total. The van der Waals surface area contributed by atoms with Gasteiger partial charge in [-0.2, -0.15) is 0 Å². The summed E-state index contributed by atoms with van der Waals surface area (Å²) in [5.74, 6) is 1.36. The minimum Gasteiger partial charge on any atom is -0.373 e. The van der Waals surface area contributed by atoms with Gasteiger partial charge in [-0.3, -0.25) is 0 Å². The number of benzene rings is 1. The fourth-order valence-electron chi connectivity index (χ4n) is 1.64. The maximum Gasteiger partial charge on any atom is 0.191 e. The normalized spacial score (nSPS) is 11.2. The van der Waals surface area contributed by atoms with Crippen molar-refractivity contribution in [3.05, 3.63) is 30.3 Å². The zero-order chi connectivity index (χ0) is 15.5. The van der Waals surface area contributed by atoms with Gasteiger partial charge in [-0.05, 0) is 30.5 Å². The lowest BCUT2D eigenvalue weighted by atomic mass is 10.3. The van der Waals surface area contributed by atoms with Crippen molar-refractivity contribution in [1.29, 1.82) is 0 Å². The standard InChI is InChI=1S/C13H16N4O2S2/c1-14-11-8-12(17-13(16-11)20-2)15-9-4-6-10(7-5-9)21(3,18)19/h4-8H,1-3H3,(H2,14,15,16,17). The van der Waals surface area contributed by atoms with Gasteiger partial charge in [0.25, 0.3) is 0 Å². The molecule has 2 aromatic rings. The number of rotatable bonds is 5. The largest absolute Gasteiger partial charge is 0.373 e. The summed E-state index contributed by atoms with van der Waals surface area (Å²) in [6, 6.07) is 8.32. The summed E-state index contributed by atoms with van der Waals surface area (Å²) in [6.45, 7) is 0. The molecule has 1 aromatic carbocycles. The van der Waals surface area contributed by atoms with Crippen molar-refractivity contribution < 1.29 is 8.42 Å². The van der Waals surface area contributed by atoms with Crippen LogP contribution in [0.4, 0.5) is 17.3 Å². The SMILES string of the molecule is CNc1cc(Nc2ccc(S(C)(=O)=O)cc2)nc(SC)n1. The second kappa shape index (κ2) is 6.31. The molecule has 6 nitrogen and oxygen atoms in total. The summed E-state index contributed by atoms with van der Waals surface area (Å²) in [4.78, 5) is 8.92. The zero-order valence-corrected chi connectivity index (χ0v) is 13.5. The molecule has 0 saturated heterocycles. The molecule has 112 valence electrons. The summed E-state index contributed by atoms with van der Waals surface area (Å²) in [7, 11) is -1.39. The van der Waals surface area contributed by atoms with Crippen LogP contribution in [0.25, 0.3) is 0 Å². The molecule has 0 amide bonds. The number of anilines is 3. The van der Waals surface area contributed by atoms with E-state index in [9.17, 15) is 8.42 Å². The Kier molecular flexibility index (Phi) is 4.69. The molecule has 0 bridgehead atoms. The number of nitrogens with zero attached hydrogens (tertiary/aromatic N) is 2. The van der Waals surface area contributed by atoms with Crippen molar-refractivity contribution in [2.75, 3.05) is 30.2 Å². The smallest absolute Gasteiger partial charge is 0.191 e. The van der Waals surface area contributed by atoms with E-state index in [1.54, 1.807) is 37.4 Å². The number of hydrogen-bond donors (Lipinski definition) is 2. The van der Waals surface area contributed by atoms with Crippen LogP contribution in [0.1, 0.15) is 0 Å². The van der Waals surface area contributed by atoms with Gasteiger partial charge in [-0.1, -0.05) is 11.8 Å². The molecular weight excluding hydrogens is 308 g/mol. The minimum atomic E-state index is -3.18. The molecule has 21 heavy (non-hydrogen) atoms. The Morgan fingerprint density at radius 2 is 1.71 bits per heavy atom. The van der Waals surface area contributed by atoms with Crippen LogP contribution in [0.5, 0.6) is 0 Å². The monoisotopic (exact) mass is 324 g/mol. The molecule has 0 atom stereocenters. The average Bonchev–Trinajstić information content (AvgIpc) is 2.46. The Labute approximate surface area is 128 Å². The number of hydrogen-bond acceptors (Lipinski definition) is 7. The average molecular weight is 324 g/mol. The Balaban J connectivity index is 2.25. The number of thioether (sulfide) groups is 1. The predicted molar refractivity (Wildman–Crippen MR) is 86.2 cm³/mol. The van der Waals surface area contributed by atoms with Crippen molar-refractivity contribution in [2.45, 2.75) is 10.1 Å². The maximum atomic E-state index is 11.4. The van der Waals surface area contributed by atoms with E-state index < -0.39 is 9.84 Å². The zero-order valence-electron chi connectivity index (χ0n) is 11.9. The van der Waals surface area contributed by atoms with Crippen molar-refractivity contribution in [3.63, 3.8) is 0 Å². The predicted octanol–water partition coefficient (Wildman–Crippen LogP) is 2.39. The minimum absolute atomic E-state index is 0.288. The highest BCUT2D eigenvalue weighted by molar-refractivity contribution is 7.98. The van der Waals surface area contributed by atoms with Gasteiger partial charge >= 0.3 is 0 Å². The van der Waals surface area contributed by atoms with Gasteiger partial charge in [-0.15, -0.1) is 0 Å². The van der Waals surface area contributed by atoms with E-state index in [0.717, 1.165) is 5.69 Å². The number of aromatic nitrogens is 2. The van der Waals surface area contributed by atoms with Crippen LogP contribution in [0.3, 0.4) is 0 Å². The molecule has 0 unspecified atom stereocenters. The Morgan fingerprint density at radius 3 is 2.24 bits per heavy atom. The number of nitrogens with one attached hydrogen (secondary N) is 2. The van der Waals surface area contributed by atoms with Crippen LogP contribution in [0, 0.1) is 0 Å². The molecule has 0 fully saturated rings.